The normalized spacial score (nSPS) is 14.1. The van der Waals surface area contributed by atoms with Gasteiger partial charge in [-0.2, -0.15) is 0 Å². The molecule has 0 radical (unpaired) electrons. The molecule has 0 aliphatic heterocycles. The lowest BCUT2D eigenvalue weighted by molar-refractivity contribution is 0.0741. The Morgan fingerprint density at radius 2 is 2.20 bits per heavy atom. The van der Waals surface area contributed by atoms with Crippen molar-refractivity contribution in [2.45, 2.75) is 52.0 Å². The van der Waals surface area contributed by atoms with E-state index in [-0.39, 0.29) is 5.91 Å². The molecule has 4 nitrogen and oxygen atoms in total. The van der Waals surface area contributed by atoms with Crippen molar-refractivity contribution in [2.75, 3.05) is 18.4 Å². The van der Waals surface area contributed by atoms with Gasteiger partial charge < -0.3 is 10.2 Å². The first-order valence-corrected chi connectivity index (χ1v) is 7.76. The fourth-order valence-electron chi connectivity index (χ4n) is 2.30. The van der Waals surface area contributed by atoms with Crippen LogP contribution in [0.3, 0.4) is 0 Å². The molecule has 1 N–H and O–H groups in total. The summed E-state index contributed by atoms with van der Waals surface area (Å²) in [5.74, 6) is 0.155. The molecule has 0 saturated heterocycles. The van der Waals surface area contributed by atoms with Crippen LogP contribution in [0.2, 0.25) is 0 Å². The lowest BCUT2D eigenvalue weighted by Gasteiger charge is -2.23. The van der Waals surface area contributed by atoms with Gasteiger partial charge in [-0.1, -0.05) is 20.3 Å². The second-order valence-corrected chi connectivity index (χ2v) is 5.43. The van der Waals surface area contributed by atoms with Gasteiger partial charge in [-0.15, -0.1) is 0 Å². The number of pyridine rings is 1. The van der Waals surface area contributed by atoms with Crippen molar-refractivity contribution in [1.29, 1.82) is 0 Å². The van der Waals surface area contributed by atoms with Gasteiger partial charge in [0.2, 0.25) is 0 Å². The number of hydrogen-bond acceptors (Lipinski definition) is 3. The first-order valence-electron chi connectivity index (χ1n) is 7.76. The number of carbonyl (C=O) groups is 1. The second kappa shape index (κ2) is 7.27. The monoisotopic (exact) mass is 275 g/mol. The second-order valence-electron chi connectivity index (χ2n) is 5.43. The third-order valence-corrected chi connectivity index (χ3v) is 3.62. The maximum absolute atomic E-state index is 12.8. The van der Waals surface area contributed by atoms with E-state index in [1.165, 1.54) is 0 Å². The molecule has 110 valence electrons. The Morgan fingerprint density at radius 3 is 2.85 bits per heavy atom. The fraction of sp³-hybridized carbons (Fsp3) is 0.625. The molecule has 20 heavy (non-hydrogen) atoms. The molecule has 1 fully saturated rings. The van der Waals surface area contributed by atoms with Crippen molar-refractivity contribution in [1.82, 2.24) is 9.88 Å². The SMILES string of the molecule is CCCCN(C(=O)c1ccncc1NCCC)C1CC1. The molecule has 0 aromatic carbocycles. The van der Waals surface area contributed by atoms with E-state index < -0.39 is 0 Å². The Labute approximate surface area is 121 Å². The van der Waals surface area contributed by atoms with Crippen molar-refractivity contribution in [2.24, 2.45) is 0 Å². The lowest BCUT2D eigenvalue weighted by atomic mass is 10.1. The Bertz CT molecular complexity index is 443. The van der Waals surface area contributed by atoms with Crippen LogP contribution in [0.4, 0.5) is 5.69 Å². The molecule has 1 aliphatic carbocycles. The number of unbranched alkanes of at least 4 members (excludes halogenated alkanes) is 1. The molecule has 0 atom stereocenters. The van der Waals surface area contributed by atoms with E-state index in [4.69, 9.17) is 0 Å². The number of nitrogens with zero attached hydrogens (tertiary/aromatic N) is 2. The summed E-state index contributed by atoms with van der Waals surface area (Å²) in [6.45, 7) is 6.01. The summed E-state index contributed by atoms with van der Waals surface area (Å²) in [6.07, 6.45) is 8.99. The van der Waals surface area contributed by atoms with Crippen molar-refractivity contribution >= 4 is 11.6 Å². The molecule has 0 bridgehead atoms. The summed E-state index contributed by atoms with van der Waals surface area (Å²) < 4.78 is 0. The van der Waals surface area contributed by atoms with Gasteiger partial charge in [0, 0.05) is 25.3 Å². The Morgan fingerprint density at radius 1 is 1.40 bits per heavy atom. The minimum Gasteiger partial charge on any atom is -0.383 e. The van der Waals surface area contributed by atoms with Crippen molar-refractivity contribution < 1.29 is 4.79 Å². The molecule has 1 saturated carbocycles. The quantitative estimate of drug-likeness (QED) is 0.791. The van der Waals surface area contributed by atoms with E-state index in [0.717, 1.165) is 56.4 Å². The van der Waals surface area contributed by atoms with E-state index in [9.17, 15) is 4.79 Å². The zero-order chi connectivity index (χ0) is 14.4. The minimum absolute atomic E-state index is 0.155. The predicted octanol–water partition coefficient (Wildman–Crippen LogP) is 3.31. The van der Waals surface area contributed by atoms with E-state index in [1.54, 1.807) is 12.4 Å². The van der Waals surface area contributed by atoms with Crippen LogP contribution in [-0.2, 0) is 0 Å². The van der Waals surface area contributed by atoms with Crippen LogP contribution in [0, 0.1) is 0 Å². The Balaban J connectivity index is 2.13. The third kappa shape index (κ3) is 3.71. The van der Waals surface area contributed by atoms with Gasteiger partial charge in [0.1, 0.15) is 0 Å². The van der Waals surface area contributed by atoms with Crippen molar-refractivity contribution in [3.05, 3.63) is 24.0 Å². The summed E-state index contributed by atoms with van der Waals surface area (Å²) >= 11 is 0. The average molecular weight is 275 g/mol. The van der Waals surface area contributed by atoms with Gasteiger partial charge >= 0.3 is 0 Å². The first-order chi connectivity index (χ1) is 9.77. The van der Waals surface area contributed by atoms with Gasteiger partial charge in [-0.3, -0.25) is 9.78 Å². The molecular weight excluding hydrogens is 250 g/mol. The molecular formula is C16H25N3O. The zero-order valence-electron chi connectivity index (χ0n) is 12.6. The number of aromatic nitrogens is 1. The standard InChI is InChI=1S/C16H25N3O/c1-3-5-11-19(13-6-7-13)16(20)14-8-10-17-12-15(14)18-9-4-2/h8,10,12-13,18H,3-7,9,11H2,1-2H3. The molecule has 0 unspecified atom stereocenters. The molecule has 2 rings (SSSR count). The largest absolute Gasteiger partial charge is 0.383 e. The molecule has 4 heteroatoms. The van der Waals surface area contributed by atoms with Crippen LogP contribution in [0.15, 0.2) is 18.5 Å². The van der Waals surface area contributed by atoms with Gasteiger partial charge in [0.05, 0.1) is 17.4 Å². The van der Waals surface area contributed by atoms with E-state index in [0.29, 0.717) is 6.04 Å². The van der Waals surface area contributed by atoms with Gasteiger partial charge in [0.15, 0.2) is 0 Å². The van der Waals surface area contributed by atoms with Crippen LogP contribution in [0.1, 0.15) is 56.3 Å². The fourth-order valence-corrected chi connectivity index (χ4v) is 2.30. The number of nitrogens with one attached hydrogen (secondary N) is 1. The number of anilines is 1. The summed E-state index contributed by atoms with van der Waals surface area (Å²) in [4.78, 5) is 19.0. The zero-order valence-corrected chi connectivity index (χ0v) is 12.6. The molecule has 1 heterocycles. The summed E-state index contributed by atoms with van der Waals surface area (Å²) in [6, 6.07) is 2.29. The van der Waals surface area contributed by atoms with Gasteiger partial charge in [0.25, 0.3) is 5.91 Å². The summed E-state index contributed by atoms with van der Waals surface area (Å²) in [5, 5.41) is 3.30. The molecule has 1 aromatic rings. The summed E-state index contributed by atoms with van der Waals surface area (Å²) in [7, 11) is 0. The van der Waals surface area contributed by atoms with Crippen molar-refractivity contribution in [3.8, 4) is 0 Å². The third-order valence-electron chi connectivity index (χ3n) is 3.62. The van der Waals surface area contributed by atoms with Crippen LogP contribution < -0.4 is 5.32 Å². The number of rotatable bonds is 8. The van der Waals surface area contributed by atoms with Crippen LogP contribution in [0.5, 0.6) is 0 Å². The highest BCUT2D eigenvalue weighted by Crippen LogP contribution is 2.29. The average Bonchev–Trinajstić information content (AvgIpc) is 3.30. The maximum atomic E-state index is 12.8. The van der Waals surface area contributed by atoms with Crippen LogP contribution >= 0.6 is 0 Å². The Kier molecular flexibility index (Phi) is 5.39. The highest BCUT2D eigenvalue weighted by molar-refractivity contribution is 5.99. The number of carbonyl (C=O) groups excluding carboxylic acids is 1. The predicted molar refractivity (Wildman–Crippen MR) is 82.0 cm³/mol. The highest BCUT2D eigenvalue weighted by atomic mass is 16.2. The molecule has 1 aliphatic rings. The van der Waals surface area contributed by atoms with Crippen molar-refractivity contribution in [3.63, 3.8) is 0 Å². The smallest absolute Gasteiger partial charge is 0.256 e. The molecule has 0 spiro atoms. The van der Waals surface area contributed by atoms with Gasteiger partial charge in [-0.25, -0.2) is 0 Å². The van der Waals surface area contributed by atoms with Crippen LogP contribution in [-0.4, -0.2) is 34.9 Å². The number of hydrogen-bond donors (Lipinski definition) is 1. The molecule has 1 amide bonds. The minimum atomic E-state index is 0.155. The van der Waals surface area contributed by atoms with E-state index in [2.05, 4.69) is 29.0 Å². The number of amides is 1. The van der Waals surface area contributed by atoms with Gasteiger partial charge in [-0.05, 0) is 31.7 Å². The molecule has 1 aromatic heterocycles. The Hall–Kier alpha value is -1.58. The van der Waals surface area contributed by atoms with Crippen LogP contribution in [0.25, 0.3) is 0 Å². The maximum Gasteiger partial charge on any atom is 0.256 e. The topological polar surface area (TPSA) is 45.2 Å². The first kappa shape index (κ1) is 14.8. The van der Waals surface area contributed by atoms with E-state index in [1.807, 2.05) is 6.07 Å². The lowest BCUT2D eigenvalue weighted by Crippen LogP contribution is -2.34. The van der Waals surface area contributed by atoms with E-state index >= 15 is 0 Å². The highest BCUT2D eigenvalue weighted by Gasteiger charge is 2.33. The summed E-state index contributed by atoms with van der Waals surface area (Å²) in [5.41, 5.74) is 1.62.